The Morgan fingerprint density at radius 2 is 1.50 bits per heavy atom. The van der Waals surface area contributed by atoms with Crippen LogP contribution in [0.1, 0.15) is 25.7 Å². The zero-order valence-electron chi connectivity index (χ0n) is 15.5. The lowest BCUT2D eigenvalue weighted by molar-refractivity contribution is 0.249. The van der Waals surface area contributed by atoms with Crippen LogP contribution in [0.4, 0.5) is 0 Å². The van der Waals surface area contributed by atoms with Gasteiger partial charge in [-0.05, 0) is 61.1 Å². The molecule has 0 radical (unpaired) electrons. The van der Waals surface area contributed by atoms with Crippen LogP contribution in [0.3, 0.4) is 0 Å². The normalized spacial score (nSPS) is 25.7. The first-order valence-electron chi connectivity index (χ1n) is 9.24. The Bertz CT molecular complexity index is 1080. The van der Waals surface area contributed by atoms with Crippen molar-refractivity contribution in [2.45, 2.75) is 47.9 Å². The predicted octanol–water partition coefficient (Wildman–Crippen LogP) is 3.74. The van der Waals surface area contributed by atoms with Gasteiger partial charge in [0.1, 0.15) is 9.84 Å². The SMILES string of the molecule is CS(=O)(=O)C1C[C@H]2CC[C@@H](C1)N2S(=O)(=O)c1cccc(-c2ccc(Cl)cc2)c1. The average molecular weight is 440 g/mol. The molecule has 150 valence electrons. The third kappa shape index (κ3) is 3.61. The summed E-state index contributed by atoms with van der Waals surface area (Å²) in [5, 5.41) is 0.176. The molecule has 2 aliphatic heterocycles. The Kier molecular flexibility index (Phi) is 5.06. The number of hydrogen-bond acceptors (Lipinski definition) is 4. The predicted molar refractivity (Wildman–Crippen MR) is 111 cm³/mol. The van der Waals surface area contributed by atoms with E-state index in [-0.39, 0.29) is 17.0 Å². The van der Waals surface area contributed by atoms with E-state index in [1.165, 1.54) is 6.26 Å². The maximum atomic E-state index is 13.4. The highest BCUT2D eigenvalue weighted by atomic mass is 35.5. The summed E-state index contributed by atoms with van der Waals surface area (Å²) < 4.78 is 52.3. The van der Waals surface area contributed by atoms with E-state index in [2.05, 4.69) is 0 Å². The van der Waals surface area contributed by atoms with E-state index in [1.54, 1.807) is 34.6 Å². The molecule has 2 heterocycles. The first-order valence-corrected chi connectivity index (χ1v) is 13.0. The van der Waals surface area contributed by atoms with E-state index in [4.69, 9.17) is 11.6 Å². The molecule has 1 unspecified atom stereocenters. The molecule has 2 aliphatic rings. The van der Waals surface area contributed by atoms with E-state index in [1.807, 2.05) is 18.2 Å². The lowest BCUT2D eigenvalue weighted by atomic mass is 10.1. The van der Waals surface area contributed by atoms with E-state index < -0.39 is 25.1 Å². The minimum absolute atomic E-state index is 0.245. The number of benzene rings is 2. The van der Waals surface area contributed by atoms with Gasteiger partial charge in [-0.15, -0.1) is 0 Å². The van der Waals surface area contributed by atoms with Crippen molar-refractivity contribution in [2.24, 2.45) is 0 Å². The van der Waals surface area contributed by atoms with Crippen LogP contribution < -0.4 is 0 Å². The van der Waals surface area contributed by atoms with Gasteiger partial charge in [0.2, 0.25) is 10.0 Å². The quantitative estimate of drug-likeness (QED) is 0.727. The van der Waals surface area contributed by atoms with Gasteiger partial charge in [-0.2, -0.15) is 4.31 Å². The summed E-state index contributed by atoms with van der Waals surface area (Å²) in [6.45, 7) is 0. The fraction of sp³-hybridized carbons (Fsp3) is 0.400. The first kappa shape index (κ1) is 19.9. The molecule has 4 rings (SSSR count). The summed E-state index contributed by atoms with van der Waals surface area (Å²) >= 11 is 5.94. The van der Waals surface area contributed by atoms with Crippen molar-refractivity contribution in [1.29, 1.82) is 0 Å². The van der Waals surface area contributed by atoms with Crippen LogP contribution >= 0.6 is 11.6 Å². The fourth-order valence-electron chi connectivity index (χ4n) is 4.43. The summed E-state index contributed by atoms with van der Waals surface area (Å²) in [5.41, 5.74) is 1.69. The lowest BCUT2D eigenvalue weighted by Gasteiger charge is -2.37. The van der Waals surface area contributed by atoms with Crippen molar-refractivity contribution in [2.75, 3.05) is 6.26 Å². The Balaban J connectivity index is 1.66. The fourth-order valence-corrected chi connectivity index (χ4v) is 7.63. The highest BCUT2D eigenvalue weighted by Crippen LogP contribution is 2.42. The second-order valence-electron chi connectivity index (χ2n) is 7.68. The number of rotatable bonds is 4. The average Bonchev–Trinajstić information content (AvgIpc) is 2.92. The van der Waals surface area contributed by atoms with Gasteiger partial charge in [0.25, 0.3) is 0 Å². The number of piperidine rings is 1. The summed E-state index contributed by atoms with van der Waals surface area (Å²) in [6.07, 6.45) is 3.44. The zero-order chi connectivity index (χ0) is 20.1. The molecule has 0 amide bonds. The minimum atomic E-state index is -3.69. The van der Waals surface area contributed by atoms with E-state index >= 15 is 0 Å². The summed E-state index contributed by atoms with van der Waals surface area (Å²) in [6, 6.07) is 13.7. The number of fused-ring (bicyclic) bond motifs is 2. The van der Waals surface area contributed by atoms with Crippen molar-refractivity contribution in [3.05, 3.63) is 53.6 Å². The number of hydrogen-bond donors (Lipinski definition) is 0. The molecular weight excluding hydrogens is 418 g/mol. The van der Waals surface area contributed by atoms with E-state index in [0.717, 1.165) is 11.1 Å². The van der Waals surface area contributed by atoms with Crippen LogP contribution in [0.25, 0.3) is 11.1 Å². The lowest BCUT2D eigenvalue weighted by Crippen LogP contribution is -2.49. The molecule has 2 fully saturated rings. The van der Waals surface area contributed by atoms with Gasteiger partial charge >= 0.3 is 0 Å². The van der Waals surface area contributed by atoms with Crippen LogP contribution in [-0.4, -0.2) is 44.7 Å². The van der Waals surface area contributed by atoms with Gasteiger partial charge in [-0.25, -0.2) is 16.8 Å². The van der Waals surface area contributed by atoms with Crippen LogP contribution in [-0.2, 0) is 19.9 Å². The highest BCUT2D eigenvalue weighted by molar-refractivity contribution is 7.91. The van der Waals surface area contributed by atoms with Gasteiger partial charge in [-0.3, -0.25) is 0 Å². The summed E-state index contributed by atoms with van der Waals surface area (Å²) in [5.74, 6) is 0. The third-order valence-corrected chi connectivity index (χ3v) is 9.66. The van der Waals surface area contributed by atoms with Crippen LogP contribution in [0.5, 0.6) is 0 Å². The molecule has 8 heteroatoms. The Morgan fingerprint density at radius 3 is 2.07 bits per heavy atom. The van der Waals surface area contributed by atoms with E-state index in [9.17, 15) is 16.8 Å². The van der Waals surface area contributed by atoms with Crippen molar-refractivity contribution in [3.63, 3.8) is 0 Å². The Hall–Kier alpha value is -1.41. The maximum Gasteiger partial charge on any atom is 0.243 e. The molecule has 2 aromatic rings. The molecule has 2 saturated heterocycles. The molecule has 2 aromatic carbocycles. The van der Waals surface area contributed by atoms with Crippen molar-refractivity contribution in [1.82, 2.24) is 4.31 Å². The van der Waals surface area contributed by atoms with Crippen LogP contribution in [0.15, 0.2) is 53.4 Å². The number of sulfonamides is 1. The van der Waals surface area contributed by atoms with Gasteiger partial charge in [0.05, 0.1) is 10.1 Å². The molecule has 0 spiro atoms. The van der Waals surface area contributed by atoms with Crippen molar-refractivity contribution >= 4 is 31.5 Å². The molecule has 0 aliphatic carbocycles. The monoisotopic (exact) mass is 439 g/mol. The highest BCUT2D eigenvalue weighted by Gasteiger charge is 2.49. The first-order chi connectivity index (χ1) is 13.2. The smallest absolute Gasteiger partial charge is 0.229 e. The van der Waals surface area contributed by atoms with Crippen LogP contribution in [0, 0.1) is 0 Å². The van der Waals surface area contributed by atoms with E-state index in [0.29, 0.717) is 30.7 Å². The summed E-state index contributed by atoms with van der Waals surface area (Å²) in [7, 11) is -6.86. The largest absolute Gasteiger partial charge is 0.243 e. The molecular formula is C20H22ClNO4S2. The van der Waals surface area contributed by atoms with Gasteiger partial charge < -0.3 is 0 Å². The second-order valence-corrected chi connectivity index (χ2v) is 12.3. The minimum Gasteiger partial charge on any atom is -0.229 e. The molecule has 3 atom stereocenters. The number of halogens is 1. The zero-order valence-corrected chi connectivity index (χ0v) is 17.8. The maximum absolute atomic E-state index is 13.4. The van der Waals surface area contributed by atoms with Crippen LogP contribution in [0.2, 0.25) is 5.02 Å². The van der Waals surface area contributed by atoms with Crippen molar-refractivity contribution in [3.8, 4) is 11.1 Å². The van der Waals surface area contributed by atoms with Crippen molar-refractivity contribution < 1.29 is 16.8 Å². The van der Waals surface area contributed by atoms with Gasteiger partial charge in [-0.1, -0.05) is 35.9 Å². The topological polar surface area (TPSA) is 71.5 Å². The van der Waals surface area contributed by atoms with Gasteiger partial charge in [0.15, 0.2) is 0 Å². The molecule has 2 bridgehead atoms. The summed E-state index contributed by atoms with van der Waals surface area (Å²) in [4.78, 5) is 0.245. The molecule has 28 heavy (non-hydrogen) atoms. The third-order valence-electron chi connectivity index (χ3n) is 5.82. The van der Waals surface area contributed by atoms with Gasteiger partial charge in [0, 0.05) is 23.4 Å². The molecule has 5 nitrogen and oxygen atoms in total. The second kappa shape index (κ2) is 7.13. The number of nitrogens with zero attached hydrogens (tertiary/aromatic N) is 1. The molecule has 0 saturated carbocycles. The molecule has 0 N–H and O–H groups in total. The Morgan fingerprint density at radius 1 is 0.893 bits per heavy atom. The Labute approximate surface area is 171 Å². The molecule has 0 aromatic heterocycles. The standard InChI is InChI=1S/C20H22ClNO4S2/c1-27(23,24)20-12-17-9-10-18(13-20)22(17)28(25,26)19-4-2-3-15(11-19)14-5-7-16(21)8-6-14/h2-8,11,17-18,20H,9-10,12-13H2,1H3/t17-,18+,20?. The number of sulfone groups is 1.